The highest BCUT2D eigenvalue weighted by molar-refractivity contribution is 7.11. The van der Waals surface area contributed by atoms with E-state index in [0.29, 0.717) is 19.6 Å². The minimum absolute atomic E-state index is 0.0642. The lowest BCUT2D eigenvalue weighted by Gasteiger charge is -2.27. The van der Waals surface area contributed by atoms with Crippen molar-refractivity contribution in [3.05, 3.63) is 57.5 Å². The molecule has 0 aliphatic carbocycles. The molecule has 140 valence electrons. The Hall–Kier alpha value is -2.21. The van der Waals surface area contributed by atoms with Crippen LogP contribution in [0.25, 0.3) is 0 Å². The summed E-state index contributed by atoms with van der Waals surface area (Å²) in [6.07, 6.45) is 0.801. The van der Waals surface area contributed by atoms with Gasteiger partial charge in [0.25, 0.3) is 0 Å². The van der Waals surface area contributed by atoms with Crippen molar-refractivity contribution < 1.29 is 14.0 Å². The molecule has 0 saturated heterocycles. The van der Waals surface area contributed by atoms with Gasteiger partial charge in [-0.15, -0.1) is 11.3 Å². The maximum Gasteiger partial charge on any atom is 0.242 e. The summed E-state index contributed by atoms with van der Waals surface area (Å²) in [6, 6.07) is 10.2. The lowest BCUT2D eigenvalue weighted by Crippen LogP contribution is -2.41. The van der Waals surface area contributed by atoms with Crippen molar-refractivity contribution in [2.24, 2.45) is 0 Å². The monoisotopic (exact) mass is 376 g/mol. The van der Waals surface area contributed by atoms with Crippen LogP contribution in [0, 0.1) is 12.7 Å². The van der Waals surface area contributed by atoms with E-state index in [1.54, 1.807) is 33.3 Å². The van der Waals surface area contributed by atoms with Crippen molar-refractivity contribution in [3.8, 4) is 0 Å². The maximum atomic E-state index is 13.2. The number of nitrogens with zero attached hydrogens (tertiary/aromatic N) is 2. The Morgan fingerprint density at radius 2 is 1.73 bits per heavy atom. The lowest BCUT2D eigenvalue weighted by atomic mass is 10.2. The van der Waals surface area contributed by atoms with Gasteiger partial charge in [0.2, 0.25) is 11.8 Å². The van der Waals surface area contributed by atoms with Gasteiger partial charge < -0.3 is 9.80 Å². The molecule has 0 unspecified atom stereocenters. The topological polar surface area (TPSA) is 40.6 Å². The molecular weight excluding hydrogens is 351 g/mol. The van der Waals surface area contributed by atoms with Crippen LogP contribution < -0.4 is 0 Å². The number of halogens is 1. The molecule has 1 heterocycles. The molecule has 0 N–H and O–H groups in total. The molecule has 6 heteroatoms. The molecule has 1 aromatic heterocycles. The van der Waals surface area contributed by atoms with Crippen molar-refractivity contribution in [3.63, 3.8) is 0 Å². The van der Waals surface area contributed by atoms with Crippen LogP contribution in [0.4, 0.5) is 4.39 Å². The van der Waals surface area contributed by atoms with Crippen molar-refractivity contribution >= 4 is 23.2 Å². The Labute approximate surface area is 158 Å². The quantitative estimate of drug-likeness (QED) is 0.699. The Kier molecular flexibility index (Phi) is 7.33. The summed E-state index contributed by atoms with van der Waals surface area (Å²) < 4.78 is 13.2. The number of carbonyl (C=O) groups is 2. The van der Waals surface area contributed by atoms with Gasteiger partial charge in [-0.05, 0) is 43.2 Å². The lowest BCUT2D eigenvalue weighted by molar-refractivity contribution is -0.140. The average molecular weight is 376 g/mol. The predicted octanol–water partition coefficient (Wildman–Crippen LogP) is 3.98. The summed E-state index contributed by atoms with van der Waals surface area (Å²) in [5, 5.41) is 0. The van der Waals surface area contributed by atoms with E-state index < -0.39 is 0 Å². The highest BCUT2D eigenvalue weighted by Crippen LogP contribution is 2.19. The summed E-state index contributed by atoms with van der Waals surface area (Å²) >= 11 is 1.65. The van der Waals surface area contributed by atoms with Crippen molar-refractivity contribution in [1.82, 2.24) is 9.80 Å². The fourth-order valence-electron chi connectivity index (χ4n) is 2.68. The second kappa shape index (κ2) is 9.48. The van der Waals surface area contributed by atoms with E-state index in [1.165, 1.54) is 23.9 Å². The Morgan fingerprint density at radius 3 is 2.27 bits per heavy atom. The Balaban J connectivity index is 2.16. The van der Waals surface area contributed by atoms with Gasteiger partial charge in [0.15, 0.2) is 0 Å². The zero-order chi connectivity index (χ0) is 19.1. The molecule has 2 amide bonds. The fraction of sp³-hybridized carbons (Fsp3) is 0.400. The molecule has 26 heavy (non-hydrogen) atoms. The van der Waals surface area contributed by atoms with Gasteiger partial charge in [0, 0.05) is 29.8 Å². The third kappa shape index (κ3) is 5.95. The SMILES string of the molecule is CCCN(CC(=O)N(Cc1ccc(F)cc1)Cc1ccc(C)s1)C(C)=O. The van der Waals surface area contributed by atoms with Crippen LogP contribution in [0.2, 0.25) is 0 Å². The molecule has 0 aliphatic rings. The van der Waals surface area contributed by atoms with E-state index in [9.17, 15) is 14.0 Å². The summed E-state index contributed by atoms with van der Waals surface area (Å²) in [6.45, 7) is 6.97. The third-order valence-electron chi connectivity index (χ3n) is 4.05. The summed E-state index contributed by atoms with van der Waals surface area (Å²) in [7, 11) is 0. The van der Waals surface area contributed by atoms with Crippen molar-refractivity contribution in [2.45, 2.75) is 40.3 Å². The van der Waals surface area contributed by atoms with Crippen LogP contribution in [0.1, 0.15) is 35.6 Å². The molecule has 0 saturated carbocycles. The Bertz CT molecular complexity index is 743. The number of aryl methyl sites for hydroxylation is 1. The normalized spacial score (nSPS) is 10.6. The summed E-state index contributed by atoms with van der Waals surface area (Å²) in [4.78, 5) is 30.2. The number of amides is 2. The molecule has 2 rings (SSSR count). The molecule has 0 aliphatic heterocycles. The third-order valence-corrected chi connectivity index (χ3v) is 5.03. The van der Waals surface area contributed by atoms with E-state index in [-0.39, 0.29) is 24.2 Å². The molecular formula is C20H25FN2O2S. The van der Waals surface area contributed by atoms with Crippen molar-refractivity contribution in [1.29, 1.82) is 0 Å². The second-order valence-corrected chi connectivity index (χ2v) is 7.70. The molecule has 1 aromatic carbocycles. The van der Waals surface area contributed by atoms with E-state index in [0.717, 1.165) is 16.9 Å². The smallest absolute Gasteiger partial charge is 0.242 e. The number of hydrogen-bond donors (Lipinski definition) is 0. The molecule has 0 fully saturated rings. The highest BCUT2D eigenvalue weighted by atomic mass is 32.1. The zero-order valence-corrected chi connectivity index (χ0v) is 16.3. The standard InChI is InChI=1S/C20H25FN2O2S/c1-4-11-22(16(3)24)14-20(25)23(13-19-10-5-15(2)26-19)12-17-6-8-18(21)9-7-17/h5-10H,4,11-14H2,1-3H3. The highest BCUT2D eigenvalue weighted by Gasteiger charge is 2.20. The Morgan fingerprint density at radius 1 is 1.04 bits per heavy atom. The minimum atomic E-state index is -0.300. The second-order valence-electron chi connectivity index (χ2n) is 6.33. The van der Waals surface area contributed by atoms with E-state index in [1.807, 2.05) is 26.0 Å². The van der Waals surface area contributed by atoms with Gasteiger partial charge in [-0.1, -0.05) is 19.1 Å². The van der Waals surface area contributed by atoms with Crippen LogP contribution in [0.15, 0.2) is 36.4 Å². The summed E-state index contributed by atoms with van der Waals surface area (Å²) in [5.74, 6) is -0.510. The van der Waals surface area contributed by atoms with Crippen LogP contribution in [-0.4, -0.2) is 34.7 Å². The average Bonchev–Trinajstić information content (AvgIpc) is 3.00. The van der Waals surface area contributed by atoms with Gasteiger partial charge in [0.1, 0.15) is 5.82 Å². The van der Waals surface area contributed by atoms with E-state index >= 15 is 0 Å². The molecule has 4 nitrogen and oxygen atoms in total. The predicted molar refractivity (Wildman–Crippen MR) is 102 cm³/mol. The van der Waals surface area contributed by atoms with Crippen LogP contribution >= 0.6 is 11.3 Å². The van der Waals surface area contributed by atoms with E-state index in [4.69, 9.17) is 0 Å². The fourth-order valence-corrected chi connectivity index (χ4v) is 3.59. The first kappa shape index (κ1) is 20.1. The first-order valence-corrected chi connectivity index (χ1v) is 9.53. The van der Waals surface area contributed by atoms with Gasteiger partial charge in [0.05, 0.1) is 13.1 Å². The molecule has 2 aromatic rings. The van der Waals surface area contributed by atoms with E-state index in [2.05, 4.69) is 0 Å². The molecule has 0 atom stereocenters. The van der Waals surface area contributed by atoms with Gasteiger partial charge in [-0.2, -0.15) is 0 Å². The number of thiophene rings is 1. The molecule has 0 bridgehead atoms. The number of carbonyl (C=O) groups excluding carboxylic acids is 2. The maximum absolute atomic E-state index is 13.2. The number of hydrogen-bond acceptors (Lipinski definition) is 3. The van der Waals surface area contributed by atoms with Gasteiger partial charge in [-0.3, -0.25) is 9.59 Å². The molecule has 0 spiro atoms. The van der Waals surface area contributed by atoms with Crippen LogP contribution in [-0.2, 0) is 22.7 Å². The van der Waals surface area contributed by atoms with Crippen LogP contribution in [0.3, 0.4) is 0 Å². The largest absolute Gasteiger partial charge is 0.334 e. The first-order valence-electron chi connectivity index (χ1n) is 8.72. The number of benzene rings is 1. The molecule has 0 radical (unpaired) electrons. The van der Waals surface area contributed by atoms with Crippen molar-refractivity contribution in [2.75, 3.05) is 13.1 Å². The first-order chi connectivity index (χ1) is 12.4. The zero-order valence-electron chi connectivity index (χ0n) is 15.5. The van der Waals surface area contributed by atoms with Gasteiger partial charge in [-0.25, -0.2) is 4.39 Å². The summed E-state index contributed by atoms with van der Waals surface area (Å²) in [5.41, 5.74) is 0.859. The van der Waals surface area contributed by atoms with Crippen LogP contribution in [0.5, 0.6) is 0 Å². The minimum Gasteiger partial charge on any atom is -0.334 e. The number of rotatable bonds is 8. The van der Waals surface area contributed by atoms with Gasteiger partial charge >= 0.3 is 0 Å².